The maximum Gasteiger partial charge on any atom is 0.240 e. The van der Waals surface area contributed by atoms with E-state index in [-0.39, 0.29) is 17.7 Å². The molecule has 3 rings (SSSR count). The zero-order chi connectivity index (χ0) is 19.3. The molecule has 0 bridgehead atoms. The van der Waals surface area contributed by atoms with E-state index in [0.717, 1.165) is 31.5 Å². The summed E-state index contributed by atoms with van der Waals surface area (Å²) < 4.78 is 5.29. The van der Waals surface area contributed by atoms with Gasteiger partial charge in [0.15, 0.2) is 0 Å². The number of hydrogen-bond donors (Lipinski definition) is 3. The Bertz CT molecular complexity index is 673. The molecule has 0 aliphatic carbocycles. The number of hydrogen-bond acceptors (Lipinski definition) is 5. The Labute approximate surface area is 160 Å². The number of piperidine rings is 1. The van der Waals surface area contributed by atoms with E-state index in [0.29, 0.717) is 39.1 Å². The maximum atomic E-state index is 12.5. The molecule has 7 heteroatoms. The zero-order valence-electron chi connectivity index (χ0n) is 15.8. The number of benzene rings is 1. The summed E-state index contributed by atoms with van der Waals surface area (Å²) in [6.45, 7) is 3.99. The second-order valence-corrected chi connectivity index (χ2v) is 7.75. The van der Waals surface area contributed by atoms with Crippen LogP contribution in [-0.4, -0.2) is 48.6 Å². The van der Waals surface area contributed by atoms with E-state index in [2.05, 4.69) is 22.3 Å². The molecule has 2 fully saturated rings. The van der Waals surface area contributed by atoms with Crippen LogP contribution < -0.4 is 16.8 Å². The predicted octanol–water partition coefficient (Wildman–Crippen LogP) is 0.508. The highest BCUT2D eigenvalue weighted by molar-refractivity contribution is 5.86. The number of rotatable bonds is 6. The van der Waals surface area contributed by atoms with Gasteiger partial charge in [-0.25, -0.2) is 0 Å². The predicted molar refractivity (Wildman–Crippen MR) is 102 cm³/mol. The molecule has 2 amide bonds. The van der Waals surface area contributed by atoms with Gasteiger partial charge >= 0.3 is 0 Å². The van der Waals surface area contributed by atoms with Crippen molar-refractivity contribution in [3.05, 3.63) is 35.4 Å². The largest absolute Gasteiger partial charge is 0.381 e. The first kappa shape index (κ1) is 19.8. The molecule has 0 saturated carbocycles. The summed E-state index contributed by atoms with van der Waals surface area (Å²) in [5.41, 5.74) is 13.1. The molecule has 2 aliphatic heterocycles. The molecule has 7 nitrogen and oxygen atoms in total. The molecular weight excluding hydrogens is 344 g/mol. The first-order valence-corrected chi connectivity index (χ1v) is 9.71. The van der Waals surface area contributed by atoms with E-state index in [1.54, 1.807) is 0 Å². The zero-order valence-corrected chi connectivity index (χ0v) is 15.8. The number of likely N-dealkylation sites (tertiary alicyclic amines) is 1. The SMILES string of the molecule is NC(=O)C1CCCN(Cc2cccc(CNC(=O)C3(N)CCOCC3)c2)C1. The van der Waals surface area contributed by atoms with Crippen LogP contribution in [-0.2, 0) is 27.4 Å². The van der Waals surface area contributed by atoms with Crippen molar-refractivity contribution in [1.29, 1.82) is 0 Å². The van der Waals surface area contributed by atoms with E-state index >= 15 is 0 Å². The highest BCUT2D eigenvalue weighted by Gasteiger charge is 2.35. The average molecular weight is 374 g/mol. The van der Waals surface area contributed by atoms with Gasteiger partial charge in [0.2, 0.25) is 11.8 Å². The van der Waals surface area contributed by atoms with Gasteiger partial charge in [-0.1, -0.05) is 24.3 Å². The number of nitrogens with one attached hydrogen (secondary N) is 1. The molecule has 148 valence electrons. The number of carbonyl (C=O) groups is 2. The summed E-state index contributed by atoms with van der Waals surface area (Å²) in [5, 5.41) is 2.97. The van der Waals surface area contributed by atoms with Crippen LogP contribution in [0.5, 0.6) is 0 Å². The molecule has 0 aromatic heterocycles. The van der Waals surface area contributed by atoms with Gasteiger partial charge in [-0.15, -0.1) is 0 Å². The molecule has 1 unspecified atom stereocenters. The number of carbonyl (C=O) groups excluding carboxylic acids is 2. The minimum atomic E-state index is -0.826. The van der Waals surface area contributed by atoms with Crippen LogP contribution >= 0.6 is 0 Å². The first-order chi connectivity index (χ1) is 13.0. The highest BCUT2D eigenvalue weighted by Crippen LogP contribution is 2.20. The fourth-order valence-electron chi connectivity index (χ4n) is 3.85. The fraction of sp³-hybridized carbons (Fsp3) is 0.600. The third-order valence-electron chi connectivity index (χ3n) is 5.60. The Balaban J connectivity index is 1.54. The van der Waals surface area contributed by atoms with E-state index in [9.17, 15) is 9.59 Å². The summed E-state index contributed by atoms with van der Waals surface area (Å²) in [6.07, 6.45) is 2.97. The summed E-state index contributed by atoms with van der Waals surface area (Å²) in [7, 11) is 0. The smallest absolute Gasteiger partial charge is 0.240 e. The summed E-state index contributed by atoms with van der Waals surface area (Å²) >= 11 is 0. The van der Waals surface area contributed by atoms with Gasteiger partial charge < -0.3 is 21.5 Å². The van der Waals surface area contributed by atoms with Crippen LogP contribution in [0.2, 0.25) is 0 Å². The maximum absolute atomic E-state index is 12.5. The molecule has 2 heterocycles. The van der Waals surface area contributed by atoms with Crippen molar-refractivity contribution in [3.8, 4) is 0 Å². The molecule has 27 heavy (non-hydrogen) atoms. The standard InChI is InChI=1S/C20H30N4O3/c21-18(25)17-5-2-8-24(14-17)13-16-4-1-3-15(11-16)12-23-19(26)20(22)6-9-27-10-7-20/h1,3-4,11,17H,2,5-10,12-14,22H2,(H2,21,25)(H,23,26). The normalized spacial score (nSPS) is 22.9. The van der Waals surface area contributed by atoms with Crippen LogP contribution in [0.3, 0.4) is 0 Å². The Morgan fingerprint density at radius 2 is 2.00 bits per heavy atom. The number of amides is 2. The van der Waals surface area contributed by atoms with E-state index in [4.69, 9.17) is 16.2 Å². The van der Waals surface area contributed by atoms with Crippen molar-refractivity contribution in [2.75, 3.05) is 26.3 Å². The average Bonchev–Trinajstić information content (AvgIpc) is 2.67. The molecule has 1 aromatic rings. The number of nitrogens with zero attached hydrogens (tertiary/aromatic N) is 1. The summed E-state index contributed by atoms with van der Waals surface area (Å²) in [6, 6.07) is 8.17. The molecule has 2 aliphatic rings. The Hall–Kier alpha value is -1.96. The third-order valence-corrected chi connectivity index (χ3v) is 5.60. The van der Waals surface area contributed by atoms with Crippen molar-refractivity contribution in [1.82, 2.24) is 10.2 Å². The van der Waals surface area contributed by atoms with Crippen molar-refractivity contribution in [2.24, 2.45) is 17.4 Å². The van der Waals surface area contributed by atoms with Crippen molar-refractivity contribution in [2.45, 2.75) is 44.3 Å². The molecule has 0 spiro atoms. The van der Waals surface area contributed by atoms with Crippen molar-refractivity contribution >= 4 is 11.8 Å². The topological polar surface area (TPSA) is 111 Å². The fourth-order valence-corrected chi connectivity index (χ4v) is 3.85. The Kier molecular flexibility index (Phi) is 6.46. The number of nitrogens with two attached hydrogens (primary N) is 2. The van der Waals surface area contributed by atoms with Crippen LogP contribution in [0, 0.1) is 5.92 Å². The van der Waals surface area contributed by atoms with Crippen LogP contribution in [0.1, 0.15) is 36.8 Å². The molecule has 2 saturated heterocycles. The van der Waals surface area contributed by atoms with Crippen molar-refractivity contribution in [3.63, 3.8) is 0 Å². The van der Waals surface area contributed by atoms with E-state index in [1.165, 1.54) is 5.56 Å². The molecule has 1 atom stereocenters. The number of ether oxygens (including phenoxy) is 1. The van der Waals surface area contributed by atoms with Gasteiger partial charge in [-0.3, -0.25) is 14.5 Å². The van der Waals surface area contributed by atoms with Crippen molar-refractivity contribution < 1.29 is 14.3 Å². The lowest BCUT2D eigenvalue weighted by atomic mass is 9.90. The van der Waals surface area contributed by atoms with E-state index < -0.39 is 5.54 Å². The van der Waals surface area contributed by atoms with Crippen LogP contribution in [0.15, 0.2) is 24.3 Å². The van der Waals surface area contributed by atoms with Crippen LogP contribution in [0.4, 0.5) is 0 Å². The molecule has 1 aromatic carbocycles. The lowest BCUT2D eigenvalue weighted by molar-refractivity contribution is -0.130. The van der Waals surface area contributed by atoms with Gasteiger partial charge in [0.05, 0.1) is 11.5 Å². The molecule has 5 N–H and O–H groups in total. The minimum absolute atomic E-state index is 0.0542. The van der Waals surface area contributed by atoms with Gasteiger partial charge in [0.1, 0.15) is 0 Å². The highest BCUT2D eigenvalue weighted by atomic mass is 16.5. The van der Waals surface area contributed by atoms with Gasteiger partial charge in [0.25, 0.3) is 0 Å². The first-order valence-electron chi connectivity index (χ1n) is 9.71. The summed E-state index contributed by atoms with van der Waals surface area (Å²) in [4.78, 5) is 26.2. The van der Waals surface area contributed by atoms with Gasteiger partial charge in [-0.2, -0.15) is 0 Å². The lowest BCUT2D eigenvalue weighted by Gasteiger charge is -2.32. The minimum Gasteiger partial charge on any atom is -0.381 e. The van der Waals surface area contributed by atoms with Gasteiger partial charge in [-0.05, 0) is 43.4 Å². The summed E-state index contributed by atoms with van der Waals surface area (Å²) in [5.74, 6) is -0.377. The van der Waals surface area contributed by atoms with Gasteiger partial charge in [0, 0.05) is 32.8 Å². The third kappa shape index (κ3) is 5.28. The van der Waals surface area contributed by atoms with Crippen LogP contribution in [0.25, 0.3) is 0 Å². The molecule has 0 radical (unpaired) electrons. The number of primary amides is 1. The Morgan fingerprint density at radius 1 is 1.26 bits per heavy atom. The molecular formula is C20H30N4O3. The van der Waals surface area contributed by atoms with E-state index in [1.807, 2.05) is 12.1 Å². The lowest BCUT2D eigenvalue weighted by Crippen LogP contribution is -2.56. The quantitative estimate of drug-likeness (QED) is 0.672. The monoisotopic (exact) mass is 374 g/mol. The second-order valence-electron chi connectivity index (χ2n) is 7.75. The second kappa shape index (κ2) is 8.82. The Morgan fingerprint density at radius 3 is 2.74 bits per heavy atom.